The molecule has 0 spiro atoms. The van der Waals surface area contributed by atoms with Gasteiger partial charge in [-0.05, 0) is 24.3 Å². The van der Waals surface area contributed by atoms with E-state index in [4.69, 9.17) is 0 Å². The Morgan fingerprint density at radius 2 is 1.94 bits per heavy atom. The van der Waals surface area contributed by atoms with E-state index in [1.54, 1.807) is 18.3 Å². The van der Waals surface area contributed by atoms with Gasteiger partial charge < -0.3 is 0 Å². The van der Waals surface area contributed by atoms with Crippen molar-refractivity contribution in [2.45, 2.75) is 6.42 Å². The van der Waals surface area contributed by atoms with Crippen LogP contribution in [-0.4, -0.2) is 21.5 Å². The molecule has 0 aromatic carbocycles. The minimum absolute atomic E-state index is 0.0774. The lowest BCUT2D eigenvalue weighted by Gasteiger charge is -2.00. The number of nitrogens with zero attached hydrogens (tertiary/aromatic N) is 2. The summed E-state index contributed by atoms with van der Waals surface area (Å²) in [4.78, 5) is 30.9. The van der Waals surface area contributed by atoms with Gasteiger partial charge >= 0.3 is 0 Å². The number of halogens is 1. The zero-order valence-corrected chi connectivity index (χ0v) is 9.34. The molecule has 0 aliphatic rings. The first kappa shape index (κ1) is 12.0. The van der Waals surface area contributed by atoms with Crippen molar-refractivity contribution in [3.8, 4) is 0 Å². The lowest BCUT2D eigenvalue weighted by molar-refractivity contribution is 0.0891. The maximum Gasteiger partial charge on any atom is 0.188 e. The molecule has 2 heterocycles. The first-order valence-corrected chi connectivity index (χ1v) is 5.25. The normalized spacial score (nSPS) is 10.1. The highest BCUT2D eigenvalue weighted by Crippen LogP contribution is 2.06. The molecular weight excluding hydrogens is 235 g/mol. The van der Waals surface area contributed by atoms with Crippen LogP contribution in [0.4, 0.5) is 4.39 Å². The molecule has 0 saturated heterocycles. The van der Waals surface area contributed by atoms with Crippen LogP contribution in [0.1, 0.15) is 27.3 Å². The minimum Gasteiger partial charge on any atom is -0.294 e. The minimum atomic E-state index is -0.523. The number of aromatic nitrogens is 2. The number of carbonyl (C=O) groups excluding carboxylic acids is 2. The fourth-order valence-electron chi connectivity index (χ4n) is 1.41. The monoisotopic (exact) mass is 244 g/mol. The first-order chi connectivity index (χ1) is 8.66. The summed E-state index contributed by atoms with van der Waals surface area (Å²) in [6, 6.07) is 5.59. The molecule has 4 nitrogen and oxygen atoms in total. The molecule has 0 N–H and O–H groups in total. The predicted molar refractivity (Wildman–Crippen MR) is 61.7 cm³/mol. The van der Waals surface area contributed by atoms with E-state index in [1.165, 1.54) is 12.3 Å². The standard InChI is InChI=1S/C13H9FN2O2/c14-10-3-4-11(16-8-10)13(18)6-12(17)9-2-1-5-15-7-9/h1-5,7-8H,6H2. The average Bonchev–Trinajstić information content (AvgIpc) is 2.40. The summed E-state index contributed by atoms with van der Waals surface area (Å²) in [7, 11) is 0. The van der Waals surface area contributed by atoms with E-state index in [1.807, 2.05) is 0 Å². The summed E-state index contributed by atoms with van der Waals surface area (Å²) in [5, 5.41) is 0. The summed E-state index contributed by atoms with van der Waals surface area (Å²) in [6.45, 7) is 0. The van der Waals surface area contributed by atoms with Crippen LogP contribution < -0.4 is 0 Å². The molecule has 5 heteroatoms. The molecule has 0 unspecified atom stereocenters. The van der Waals surface area contributed by atoms with Crippen LogP contribution >= 0.6 is 0 Å². The average molecular weight is 244 g/mol. The molecule has 0 bridgehead atoms. The van der Waals surface area contributed by atoms with Crippen LogP contribution in [0.5, 0.6) is 0 Å². The van der Waals surface area contributed by atoms with Gasteiger partial charge in [0.1, 0.15) is 11.5 Å². The molecule has 0 aliphatic carbocycles. The predicted octanol–water partition coefficient (Wildman–Crippen LogP) is 2.07. The third kappa shape index (κ3) is 2.82. The molecule has 2 aromatic rings. The molecule has 0 fully saturated rings. The second-order valence-corrected chi connectivity index (χ2v) is 3.63. The Hall–Kier alpha value is -2.43. The number of Topliss-reactive ketones (excluding diaryl/α,β-unsaturated/α-hetero) is 2. The quantitative estimate of drug-likeness (QED) is 0.610. The molecule has 0 amide bonds. The molecule has 0 atom stereocenters. The Morgan fingerprint density at radius 3 is 2.56 bits per heavy atom. The van der Waals surface area contributed by atoms with E-state index in [2.05, 4.69) is 9.97 Å². The number of carbonyl (C=O) groups is 2. The van der Waals surface area contributed by atoms with Gasteiger partial charge in [0, 0.05) is 18.0 Å². The summed E-state index contributed by atoms with van der Waals surface area (Å²) in [6.07, 6.45) is 3.58. The van der Waals surface area contributed by atoms with Crippen molar-refractivity contribution < 1.29 is 14.0 Å². The molecular formula is C13H9FN2O2. The molecule has 0 radical (unpaired) electrons. The van der Waals surface area contributed by atoms with E-state index in [0.717, 1.165) is 12.3 Å². The summed E-state index contributed by atoms with van der Waals surface area (Å²) in [5.41, 5.74) is 0.446. The van der Waals surface area contributed by atoms with Crippen LogP contribution in [0.25, 0.3) is 0 Å². The summed E-state index contributed by atoms with van der Waals surface area (Å²) in [5.74, 6) is -1.30. The van der Waals surface area contributed by atoms with Gasteiger partial charge in [0.25, 0.3) is 0 Å². The maximum absolute atomic E-state index is 12.6. The lowest BCUT2D eigenvalue weighted by Crippen LogP contribution is -2.10. The highest BCUT2D eigenvalue weighted by atomic mass is 19.1. The van der Waals surface area contributed by atoms with E-state index in [-0.39, 0.29) is 17.9 Å². The Morgan fingerprint density at radius 1 is 1.11 bits per heavy atom. The summed E-state index contributed by atoms with van der Waals surface area (Å²) >= 11 is 0. The first-order valence-electron chi connectivity index (χ1n) is 5.25. The maximum atomic E-state index is 12.6. The number of hydrogen-bond acceptors (Lipinski definition) is 4. The van der Waals surface area contributed by atoms with E-state index in [9.17, 15) is 14.0 Å². The van der Waals surface area contributed by atoms with Crippen molar-refractivity contribution in [3.05, 3.63) is 59.9 Å². The van der Waals surface area contributed by atoms with Crippen molar-refractivity contribution in [1.29, 1.82) is 0 Å². The van der Waals surface area contributed by atoms with Gasteiger partial charge in [-0.2, -0.15) is 0 Å². The number of hydrogen-bond donors (Lipinski definition) is 0. The van der Waals surface area contributed by atoms with Crippen molar-refractivity contribution >= 4 is 11.6 Å². The number of pyridine rings is 2. The topological polar surface area (TPSA) is 59.9 Å². The van der Waals surface area contributed by atoms with Crippen LogP contribution in [0.15, 0.2) is 42.9 Å². The van der Waals surface area contributed by atoms with E-state index < -0.39 is 11.6 Å². The Balaban J connectivity index is 2.08. The molecule has 2 aromatic heterocycles. The highest BCUT2D eigenvalue weighted by molar-refractivity contribution is 6.12. The molecule has 90 valence electrons. The SMILES string of the molecule is O=C(CC(=O)c1ccc(F)cn1)c1cccnc1. The fourth-order valence-corrected chi connectivity index (χ4v) is 1.41. The largest absolute Gasteiger partial charge is 0.294 e. The Kier molecular flexibility index (Phi) is 3.52. The number of rotatable bonds is 4. The second-order valence-electron chi connectivity index (χ2n) is 3.63. The lowest BCUT2D eigenvalue weighted by atomic mass is 10.1. The van der Waals surface area contributed by atoms with Gasteiger partial charge in [0.2, 0.25) is 0 Å². The van der Waals surface area contributed by atoms with Crippen LogP contribution in [-0.2, 0) is 0 Å². The second kappa shape index (κ2) is 5.27. The smallest absolute Gasteiger partial charge is 0.188 e. The Bertz CT molecular complexity index is 567. The third-order valence-electron chi connectivity index (χ3n) is 2.32. The van der Waals surface area contributed by atoms with Crippen LogP contribution in [0.2, 0.25) is 0 Å². The van der Waals surface area contributed by atoms with Gasteiger partial charge in [-0.1, -0.05) is 0 Å². The van der Waals surface area contributed by atoms with Crippen molar-refractivity contribution in [2.24, 2.45) is 0 Å². The van der Waals surface area contributed by atoms with Gasteiger partial charge in [0.05, 0.1) is 12.6 Å². The molecule has 0 saturated carbocycles. The van der Waals surface area contributed by atoms with Crippen LogP contribution in [0, 0.1) is 5.82 Å². The van der Waals surface area contributed by atoms with Gasteiger partial charge in [0.15, 0.2) is 11.6 Å². The highest BCUT2D eigenvalue weighted by Gasteiger charge is 2.14. The van der Waals surface area contributed by atoms with Crippen molar-refractivity contribution in [1.82, 2.24) is 9.97 Å². The Labute approximate surface area is 103 Å². The fraction of sp³-hybridized carbons (Fsp3) is 0.0769. The van der Waals surface area contributed by atoms with Crippen molar-refractivity contribution in [2.75, 3.05) is 0 Å². The van der Waals surface area contributed by atoms with Gasteiger partial charge in [-0.15, -0.1) is 0 Å². The third-order valence-corrected chi connectivity index (χ3v) is 2.32. The molecule has 18 heavy (non-hydrogen) atoms. The van der Waals surface area contributed by atoms with E-state index >= 15 is 0 Å². The van der Waals surface area contributed by atoms with Crippen LogP contribution in [0.3, 0.4) is 0 Å². The molecule has 0 aliphatic heterocycles. The summed E-state index contributed by atoms with van der Waals surface area (Å²) < 4.78 is 12.6. The van der Waals surface area contributed by atoms with Gasteiger partial charge in [-0.3, -0.25) is 19.6 Å². The van der Waals surface area contributed by atoms with Crippen molar-refractivity contribution in [3.63, 3.8) is 0 Å². The van der Waals surface area contributed by atoms with Gasteiger partial charge in [-0.25, -0.2) is 4.39 Å². The zero-order valence-electron chi connectivity index (χ0n) is 9.34. The molecule has 2 rings (SSSR count). The zero-order chi connectivity index (χ0) is 13.0. The number of ketones is 2. The van der Waals surface area contributed by atoms with E-state index in [0.29, 0.717) is 5.56 Å².